The van der Waals surface area contributed by atoms with Crippen molar-refractivity contribution in [1.29, 1.82) is 0 Å². The minimum absolute atomic E-state index is 0.500. The lowest BCUT2D eigenvalue weighted by atomic mass is 10.2. The van der Waals surface area contributed by atoms with Gasteiger partial charge in [-0.3, -0.25) is 4.99 Å². The first kappa shape index (κ1) is 22.6. The van der Waals surface area contributed by atoms with Crippen molar-refractivity contribution in [3.8, 4) is 11.5 Å². The fourth-order valence-corrected chi connectivity index (χ4v) is 4.30. The maximum Gasteiger partial charge on any atom is 0.175 e. The monoisotopic (exact) mass is 542 g/mol. The number of benzene rings is 3. The molecule has 4 rings (SSSR count). The van der Waals surface area contributed by atoms with Crippen molar-refractivity contribution in [2.75, 3.05) is 37.8 Å². The van der Waals surface area contributed by atoms with Crippen LogP contribution in [0.4, 0.5) is 11.4 Å². The summed E-state index contributed by atoms with van der Waals surface area (Å²) in [6.07, 6.45) is 1.87. The van der Waals surface area contributed by atoms with Crippen LogP contribution in [-0.4, -0.2) is 39.1 Å². The van der Waals surface area contributed by atoms with Crippen LogP contribution in [0.3, 0.4) is 0 Å². The molecule has 1 aliphatic heterocycles. The van der Waals surface area contributed by atoms with E-state index in [9.17, 15) is 0 Å². The summed E-state index contributed by atoms with van der Waals surface area (Å²) in [5.41, 5.74) is 4.22. The van der Waals surface area contributed by atoms with Crippen molar-refractivity contribution in [1.82, 2.24) is 0 Å². The predicted octanol–water partition coefficient (Wildman–Crippen LogP) is 5.86. The molecule has 5 nitrogen and oxygen atoms in total. The fourth-order valence-electron chi connectivity index (χ4n) is 3.52. The van der Waals surface area contributed by atoms with Gasteiger partial charge in [-0.25, -0.2) is 0 Å². The summed E-state index contributed by atoms with van der Waals surface area (Å²) < 4.78 is 18.4. The fraction of sp³-hybridized carbons (Fsp3) is 0.269. The summed E-state index contributed by atoms with van der Waals surface area (Å²) in [6, 6.07) is 22.5. The molecule has 0 aromatic heterocycles. The number of hydrogen-bond acceptors (Lipinski definition) is 5. The molecule has 1 fully saturated rings. The van der Waals surface area contributed by atoms with Crippen molar-refractivity contribution in [3.05, 3.63) is 81.4 Å². The SMILES string of the molecule is CCOc1cc(C=Nc2ccc(N3CCOCC3)cc2)cc(I)c1OCc1ccccc1. The van der Waals surface area contributed by atoms with Crippen LogP contribution in [0.2, 0.25) is 0 Å². The molecule has 0 aliphatic carbocycles. The topological polar surface area (TPSA) is 43.3 Å². The smallest absolute Gasteiger partial charge is 0.175 e. The molecular weight excluding hydrogens is 515 g/mol. The zero-order chi connectivity index (χ0) is 22.2. The van der Waals surface area contributed by atoms with Gasteiger partial charge >= 0.3 is 0 Å². The maximum absolute atomic E-state index is 6.10. The molecule has 3 aromatic carbocycles. The summed E-state index contributed by atoms with van der Waals surface area (Å²) in [7, 11) is 0. The van der Waals surface area contributed by atoms with Crippen LogP contribution in [0.1, 0.15) is 18.1 Å². The third-order valence-electron chi connectivity index (χ3n) is 5.15. The zero-order valence-corrected chi connectivity index (χ0v) is 20.3. The Morgan fingerprint density at radius 3 is 2.47 bits per heavy atom. The Morgan fingerprint density at radius 2 is 1.75 bits per heavy atom. The summed E-state index contributed by atoms with van der Waals surface area (Å²) >= 11 is 2.29. The second kappa shape index (κ2) is 11.3. The van der Waals surface area contributed by atoms with Gasteiger partial charge in [0.05, 0.1) is 29.1 Å². The molecule has 3 aromatic rings. The Bertz CT molecular complexity index is 1030. The van der Waals surface area contributed by atoms with Crippen LogP contribution in [0, 0.1) is 3.57 Å². The standard InChI is InChI=1S/C26H27IN2O3/c1-2-31-25-17-21(16-24(27)26(25)32-19-20-6-4-3-5-7-20)18-28-22-8-10-23(11-9-22)29-12-14-30-15-13-29/h3-11,16-18H,2,12-15,19H2,1H3. The summed E-state index contributed by atoms with van der Waals surface area (Å²) in [5, 5.41) is 0. The largest absolute Gasteiger partial charge is 0.490 e. The van der Waals surface area contributed by atoms with Gasteiger partial charge in [-0.15, -0.1) is 0 Å². The molecule has 32 heavy (non-hydrogen) atoms. The Hall–Kier alpha value is -2.58. The van der Waals surface area contributed by atoms with E-state index in [2.05, 4.69) is 62.8 Å². The Morgan fingerprint density at radius 1 is 1.00 bits per heavy atom. The molecule has 0 spiro atoms. The van der Waals surface area contributed by atoms with E-state index in [1.807, 2.05) is 49.5 Å². The molecule has 0 amide bonds. The minimum Gasteiger partial charge on any atom is -0.490 e. The molecule has 0 N–H and O–H groups in total. The summed E-state index contributed by atoms with van der Waals surface area (Å²) in [5.74, 6) is 1.50. The lowest BCUT2D eigenvalue weighted by molar-refractivity contribution is 0.122. The van der Waals surface area contributed by atoms with Crippen LogP contribution in [0.5, 0.6) is 11.5 Å². The molecule has 6 heteroatoms. The lowest BCUT2D eigenvalue weighted by Crippen LogP contribution is -2.36. The molecular formula is C26H27IN2O3. The van der Waals surface area contributed by atoms with Gasteiger partial charge < -0.3 is 19.1 Å². The van der Waals surface area contributed by atoms with Gasteiger partial charge in [-0.05, 0) is 77.0 Å². The second-order valence-electron chi connectivity index (χ2n) is 7.41. The average molecular weight is 542 g/mol. The van der Waals surface area contributed by atoms with Crippen molar-refractivity contribution in [3.63, 3.8) is 0 Å². The van der Waals surface area contributed by atoms with E-state index in [-0.39, 0.29) is 0 Å². The number of nitrogens with zero attached hydrogens (tertiary/aromatic N) is 2. The van der Waals surface area contributed by atoms with Crippen molar-refractivity contribution in [2.24, 2.45) is 4.99 Å². The third-order valence-corrected chi connectivity index (χ3v) is 5.95. The van der Waals surface area contributed by atoms with Crippen molar-refractivity contribution < 1.29 is 14.2 Å². The number of hydrogen-bond donors (Lipinski definition) is 0. The van der Waals surface area contributed by atoms with Gasteiger partial charge in [-0.2, -0.15) is 0 Å². The number of aliphatic imine (C=N–C) groups is 1. The van der Waals surface area contributed by atoms with Gasteiger partial charge in [0, 0.05) is 25.0 Å². The van der Waals surface area contributed by atoms with E-state index in [1.165, 1.54) is 5.69 Å². The van der Waals surface area contributed by atoms with Crippen LogP contribution in [0.15, 0.2) is 71.7 Å². The van der Waals surface area contributed by atoms with Gasteiger partial charge in [-0.1, -0.05) is 30.3 Å². The number of morpholine rings is 1. The van der Waals surface area contributed by atoms with Gasteiger partial charge in [0.15, 0.2) is 11.5 Å². The highest BCUT2D eigenvalue weighted by atomic mass is 127. The van der Waals surface area contributed by atoms with E-state index in [0.717, 1.165) is 58.2 Å². The Kier molecular flexibility index (Phi) is 8.01. The highest BCUT2D eigenvalue weighted by molar-refractivity contribution is 14.1. The van der Waals surface area contributed by atoms with Crippen LogP contribution >= 0.6 is 22.6 Å². The van der Waals surface area contributed by atoms with E-state index < -0.39 is 0 Å². The first-order chi connectivity index (χ1) is 15.7. The van der Waals surface area contributed by atoms with Crippen LogP contribution in [0.25, 0.3) is 0 Å². The van der Waals surface area contributed by atoms with Crippen molar-refractivity contribution >= 4 is 40.2 Å². The number of anilines is 1. The van der Waals surface area contributed by atoms with Crippen LogP contribution < -0.4 is 14.4 Å². The first-order valence-electron chi connectivity index (χ1n) is 10.8. The lowest BCUT2D eigenvalue weighted by Gasteiger charge is -2.28. The summed E-state index contributed by atoms with van der Waals surface area (Å²) in [6.45, 7) is 6.48. The van der Waals surface area contributed by atoms with Gasteiger partial charge in [0.25, 0.3) is 0 Å². The highest BCUT2D eigenvalue weighted by Crippen LogP contribution is 2.34. The summed E-state index contributed by atoms with van der Waals surface area (Å²) in [4.78, 5) is 7.00. The molecule has 0 atom stereocenters. The zero-order valence-electron chi connectivity index (χ0n) is 18.2. The molecule has 1 aliphatic rings. The van der Waals surface area contributed by atoms with E-state index in [4.69, 9.17) is 14.2 Å². The molecule has 1 heterocycles. The molecule has 0 radical (unpaired) electrons. The van der Waals surface area contributed by atoms with Crippen LogP contribution in [-0.2, 0) is 11.3 Å². The molecule has 166 valence electrons. The molecule has 0 bridgehead atoms. The van der Waals surface area contributed by atoms with Gasteiger partial charge in [0.2, 0.25) is 0 Å². The quantitative estimate of drug-likeness (QED) is 0.265. The number of halogens is 1. The molecule has 1 saturated heterocycles. The average Bonchev–Trinajstić information content (AvgIpc) is 2.84. The highest BCUT2D eigenvalue weighted by Gasteiger charge is 2.13. The Balaban J connectivity index is 1.47. The first-order valence-corrected chi connectivity index (χ1v) is 11.9. The van der Waals surface area contributed by atoms with E-state index in [0.29, 0.717) is 13.2 Å². The molecule has 0 unspecified atom stereocenters. The predicted molar refractivity (Wildman–Crippen MR) is 138 cm³/mol. The minimum atomic E-state index is 0.500. The van der Waals surface area contributed by atoms with Gasteiger partial charge in [0.1, 0.15) is 6.61 Å². The Labute approximate surface area is 203 Å². The number of rotatable bonds is 8. The normalized spacial score (nSPS) is 14.0. The molecule has 0 saturated carbocycles. The van der Waals surface area contributed by atoms with E-state index in [1.54, 1.807) is 0 Å². The number of ether oxygens (including phenoxy) is 3. The van der Waals surface area contributed by atoms with E-state index >= 15 is 0 Å². The second-order valence-corrected chi connectivity index (χ2v) is 8.57. The maximum atomic E-state index is 6.10. The third kappa shape index (κ3) is 6.01. The van der Waals surface area contributed by atoms with Crippen molar-refractivity contribution in [2.45, 2.75) is 13.5 Å².